The van der Waals surface area contributed by atoms with Crippen molar-refractivity contribution in [2.45, 2.75) is 10.6 Å². The molecule has 2 nitrogen and oxygen atoms in total. The number of halogens is 2. The summed E-state index contributed by atoms with van der Waals surface area (Å²) >= 11 is 7.07. The molecular formula is C11H8ClFN2S. The molecule has 0 saturated carbocycles. The lowest BCUT2D eigenvalue weighted by Gasteiger charge is -2.01. The van der Waals surface area contributed by atoms with Crippen molar-refractivity contribution in [3.8, 4) is 0 Å². The van der Waals surface area contributed by atoms with Crippen LogP contribution in [-0.4, -0.2) is 9.97 Å². The summed E-state index contributed by atoms with van der Waals surface area (Å²) in [6, 6.07) is 8.23. The molecule has 1 aromatic carbocycles. The van der Waals surface area contributed by atoms with Gasteiger partial charge in [0.25, 0.3) is 0 Å². The van der Waals surface area contributed by atoms with Crippen LogP contribution in [-0.2, 0) is 5.75 Å². The summed E-state index contributed by atoms with van der Waals surface area (Å²) in [5.41, 5.74) is 0. The minimum absolute atomic E-state index is 0.227. The Balaban J connectivity index is 2.05. The Morgan fingerprint density at radius 1 is 1.25 bits per heavy atom. The zero-order valence-electron chi connectivity index (χ0n) is 8.23. The molecule has 0 saturated heterocycles. The standard InChI is InChI=1S/C11H8ClFN2S/c12-10-5-6-14-11(15-10)7-16-9-4-2-1-3-8(9)13/h1-6H,7H2. The smallest absolute Gasteiger partial charge is 0.140 e. The van der Waals surface area contributed by atoms with Gasteiger partial charge >= 0.3 is 0 Å². The predicted octanol–water partition coefficient (Wildman–Crippen LogP) is 3.56. The molecule has 82 valence electrons. The first-order valence-electron chi connectivity index (χ1n) is 4.60. The van der Waals surface area contributed by atoms with E-state index in [1.807, 2.05) is 0 Å². The molecule has 0 spiro atoms. The van der Waals surface area contributed by atoms with Crippen LogP contribution in [0.4, 0.5) is 4.39 Å². The van der Waals surface area contributed by atoms with Gasteiger partial charge in [0.2, 0.25) is 0 Å². The molecule has 2 rings (SSSR count). The number of aromatic nitrogens is 2. The third kappa shape index (κ3) is 2.93. The second-order valence-corrected chi connectivity index (χ2v) is 4.42. The average Bonchev–Trinajstić information content (AvgIpc) is 2.28. The van der Waals surface area contributed by atoms with Crippen molar-refractivity contribution >= 4 is 23.4 Å². The zero-order chi connectivity index (χ0) is 11.4. The summed E-state index contributed by atoms with van der Waals surface area (Å²) in [6.07, 6.45) is 1.59. The minimum atomic E-state index is -0.227. The lowest BCUT2D eigenvalue weighted by molar-refractivity contribution is 0.602. The highest BCUT2D eigenvalue weighted by molar-refractivity contribution is 7.98. The first-order chi connectivity index (χ1) is 7.75. The van der Waals surface area contributed by atoms with Crippen LogP contribution in [0.2, 0.25) is 5.15 Å². The maximum absolute atomic E-state index is 13.3. The fourth-order valence-corrected chi connectivity index (χ4v) is 2.11. The molecule has 0 unspecified atom stereocenters. The summed E-state index contributed by atoms with van der Waals surface area (Å²) in [6.45, 7) is 0. The molecule has 0 aliphatic rings. The second kappa shape index (κ2) is 5.27. The van der Waals surface area contributed by atoms with Crippen molar-refractivity contribution in [3.05, 3.63) is 53.3 Å². The van der Waals surface area contributed by atoms with Gasteiger partial charge < -0.3 is 0 Å². The number of hydrogen-bond donors (Lipinski definition) is 0. The van der Waals surface area contributed by atoms with Crippen molar-refractivity contribution in [1.82, 2.24) is 9.97 Å². The summed E-state index contributed by atoms with van der Waals surface area (Å²) in [7, 11) is 0. The van der Waals surface area contributed by atoms with Crippen LogP contribution < -0.4 is 0 Å². The Kier molecular flexibility index (Phi) is 3.74. The van der Waals surface area contributed by atoms with E-state index in [2.05, 4.69) is 9.97 Å². The normalized spacial score (nSPS) is 10.4. The highest BCUT2D eigenvalue weighted by Crippen LogP contribution is 2.24. The van der Waals surface area contributed by atoms with E-state index >= 15 is 0 Å². The molecule has 16 heavy (non-hydrogen) atoms. The summed E-state index contributed by atoms with van der Waals surface area (Å²) in [5, 5.41) is 0.402. The van der Waals surface area contributed by atoms with Gasteiger partial charge in [0.15, 0.2) is 0 Å². The zero-order valence-corrected chi connectivity index (χ0v) is 9.80. The number of hydrogen-bond acceptors (Lipinski definition) is 3. The number of thioether (sulfide) groups is 1. The minimum Gasteiger partial charge on any atom is -0.240 e. The Bertz CT molecular complexity index is 493. The fraction of sp³-hybridized carbons (Fsp3) is 0.0909. The molecule has 0 amide bonds. The third-order valence-electron chi connectivity index (χ3n) is 1.86. The van der Waals surface area contributed by atoms with Gasteiger partial charge in [0.1, 0.15) is 16.8 Å². The molecule has 0 bridgehead atoms. The molecule has 1 heterocycles. The van der Waals surface area contributed by atoms with Gasteiger partial charge in [-0.15, -0.1) is 11.8 Å². The van der Waals surface area contributed by atoms with E-state index in [-0.39, 0.29) is 5.82 Å². The molecule has 5 heteroatoms. The molecule has 1 aromatic heterocycles. The summed E-state index contributed by atoms with van der Waals surface area (Å²) < 4.78 is 13.3. The van der Waals surface area contributed by atoms with Crippen molar-refractivity contribution in [3.63, 3.8) is 0 Å². The first-order valence-corrected chi connectivity index (χ1v) is 5.97. The van der Waals surface area contributed by atoms with Gasteiger partial charge in [0, 0.05) is 11.1 Å². The van der Waals surface area contributed by atoms with Crippen molar-refractivity contribution in [2.24, 2.45) is 0 Å². The first kappa shape index (κ1) is 11.4. The topological polar surface area (TPSA) is 25.8 Å². The van der Waals surface area contributed by atoms with E-state index in [1.165, 1.54) is 17.8 Å². The van der Waals surface area contributed by atoms with Crippen molar-refractivity contribution in [1.29, 1.82) is 0 Å². The maximum Gasteiger partial charge on any atom is 0.140 e. The number of rotatable bonds is 3. The molecule has 0 atom stereocenters. The third-order valence-corrected chi connectivity index (χ3v) is 3.12. The summed E-state index contributed by atoms with van der Waals surface area (Å²) in [4.78, 5) is 8.66. The van der Waals surface area contributed by atoms with E-state index in [4.69, 9.17) is 11.6 Å². The lowest BCUT2D eigenvalue weighted by atomic mass is 10.3. The van der Waals surface area contributed by atoms with Gasteiger partial charge in [-0.3, -0.25) is 0 Å². The monoisotopic (exact) mass is 254 g/mol. The predicted molar refractivity (Wildman–Crippen MR) is 63.0 cm³/mol. The second-order valence-electron chi connectivity index (χ2n) is 3.01. The van der Waals surface area contributed by atoms with E-state index in [0.29, 0.717) is 21.6 Å². The highest BCUT2D eigenvalue weighted by atomic mass is 35.5. The van der Waals surface area contributed by atoms with Crippen LogP contribution >= 0.6 is 23.4 Å². The fourth-order valence-electron chi connectivity index (χ4n) is 1.15. The van der Waals surface area contributed by atoms with Gasteiger partial charge in [0.05, 0.1) is 5.75 Å². The molecule has 2 aromatic rings. The average molecular weight is 255 g/mol. The van der Waals surface area contributed by atoms with Crippen molar-refractivity contribution < 1.29 is 4.39 Å². The van der Waals surface area contributed by atoms with E-state index < -0.39 is 0 Å². The van der Waals surface area contributed by atoms with Gasteiger partial charge in [-0.25, -0.2) is 14.4 Å². The Labute approximate surface area is 102 Å². The van der Waals surface area contributed by atoms with Gasteiger partial charge in [-0.2, -0.15) is 0 Å². The Morgan fingerprint density at radius 3 is 2.81 bits per heavy atom. The van der Waals surface area contributed by atoms with Crippen LogP contribution in [0.15, 0.2) is 41.4 Å². The largest absolute Gasteiger partial charge is 0.240 e. The van der Waals surface area contributed by atoms with E-state index in [9.17, 15) is 4.39 Å². The molecule has 0 N–H and O–H groups in total. The van der Waals surface area contributed by atoms with Crippen LogP contribution in [0.3, 0.4) is 0 Å². The van der Waals surface area contributed by atoms with Crippen LogP contribution in [0, 0.1) is 5.82 Å². The van der Waals surface area contributed by atoms with E-state index in [1.54, 1.807) is 30.5 Å². The van der Waals surface area contributed by atoms with Gasteiger partial charge in [-0.05, 0) is 18.2 Å². The highest BCUT2D eigenvalue weighted by Gasteiger charge is 2.03. The Hall–Kier alpha value is -1.13. The quantitative estimate of drug-likeness (QED) is 0.619. The van der Waals surface area contributed by atoms with Gasteiger partial charge in [-0.1, -0.05) is 23.7 Å². The van der Waals surface area contributed by atoms with Crippen molar-refractivity contribution in [2.75, 3.05) is 0 Å². The number of nitrogens with zero attached hydrogens (tertiary/aromatic N) is 2. The molecule has 0 fully saturated rings. The van der Waals surface area contributed by atoms with Crippen LogP contribution in [0.5, 0.6) is 0 Å². The van der Waals surface area contributed by atoms with E-state index in [0.717, 1.165) is 0 Å². The summed E-state index contributed by atoms with van der Waals surface area (Å²) in [5.74, 6) is 0.872. The van der Waals surface area contributed by atoms with Crippen LogP contribution in [0.1, 0.15) is 5.82 Å². The lowest BCUT2D eigenvalue weighted by Crippen LogP contribution is -1.92. The molecule has 0 radical (unpaired) electrons. The number of benzene rings is 1. The molecular weight excluding hydrogens is 247 g/mol. The molecule has 0 aliphatic heterocycles. The Morgan fingerprint density at radius 2 is 2.06 bits per heavy atom. The van der Waals surface area contributed by atoms with Crippen LogP contribution in [0.25, 0.3) is 0 Å². The SMILES string of the molecule is Fc1ccccc1SCc1nccc(Cl)n1. The maximum atomic E-state index is 13.3. The molecule has 0 aliphatic carbocycles.